The Morgan fingerprint density at radius 1 is 1.00 bits per heavy atom. The summed E-state index contributed by atoms with van der Waals surface area (Å²) in [4.78, 5) is 0. The zero-order valence-electron chi connectivity index (χ0n) is 18.6. The molecule has 1 heterocycles. The third-order valence-electron chi connectivity index (χ3n) is 5.20. The van der Waals surface area contributed by atoms with Gasteiger partial charge in [0.05, 0.1) is 11.6 Å². The van der Waals surface area contributed by atoms with E-state index >= 15 is 0 Å². The fourth-order valence-corrected chi connectivity index (χ4v) is 4.10. The summed E-state index contributed by atoms with van der Waals surface area (Å²) in [6, 6.07) is 15.6. The number of rotatable bonds is 9. The highest BCUT2D eigenvalue weighted by atomic mass is 79.9. The molecule has 182 valence electrons. The second-order valence-electron chi connectivity index (χ2n) is 7.57. The molecule has 4 rings (SSSR count). The number of fused-ring (bicyclic) bond motifs is 1. The van der Waals surface area contributed by atoms with Gasteiger partial charge in [0.2, 0.25) is 0 Å². The minimum Gasteiger partial charge on any atom is -0.493 e. The molecule has 3 aromatic rings. The molecule has 0 aromatic heterocycles. The number of hydrogen-bond acceptors (Lipinski definition) is 6. The lowest BCUT2D eigenvalue weighted by Crippen LogP contribution is -2.16. The molecule has 0 fully saturated rings. The summed E-state index contributed by atoms with van der Waals surface area (Å²) in [5.74, 6) is 2.11. The van der Waals surface area contributed by atoms with Crippen molar-refractivity contribution in [3.63, 3.8) is 0 Å². The van der Waals surface area contributed by atoms with Crippen LogP contribution in [-0.2, 0) is 13.1 Å². The molecule has 0 aliphatic carbocycles. The van der Waals surface area contributed by atoms with Crippen molar-refractivity contribution in [2.45, 2.75) is 19.2 Å². The lowest BCUT2D eigenvalue weighted by molar-refractivity contribution is 0.105. The van der Waals surface area contributed by atoms with Crippen molar-refractivity contribution in [1.29, 1.82) is 0 Å². The average Bonchev–Trinajstić information content (AvgIpc) is 2.83. The van der Waals surface area contributed by atoms with Crippen LogP contribution in [0.4, 0.5) is 4.39 Å². The second kappa shape index (κ2) is 12.3. The van der Waals surface area contributed by atoms with Crippen molar-refractivity contribution in [3.05, 3.63) is 81.6 Å². The number of methoxy groups -OCH3 is 1. The van der Waals surface area contributed by atoms with Crippen LogP contribution in [0.2, 0.25) is 0 Å². The van der Waals surface area contributed by atoms with Crippen LogP contribution in [0.15, 0.2) is 59.1 Å². The first-order valence-corrected chi connectivity index (χ1v) is 11.3. The molecular weight excluding hydrogens is 529 g/mol. The highest BCUT2D eigenvalue weighted by Crippen LogP contribution is 2.38. The van der Waals surface area contributed by atoms with Gasteiger partial charge in [0.25, 0.3) is 0 Å². The maximum Gasteiger partial charge on any atom is 0.175 e. The van der Waals surface area contributed by atoms with Gasteiger partial charge in [-0.15, -0.1) is 12.4 Å². The fourth-order valence-electron chi connectivity index (χ4n) is 3.49. The minimum atomic E-state index is -0.852. The first-order chi connectivity index (χ1) is 16.0. The zero-order valence-corrected chi connectivity index (χ0v) is 21.0. The molecule has 6 nitrogen and oxygen atoms in total. The number of nitrogens with one attached hydrogen (secondary N) is 1. The van der Waals surface area contributed by atoms with Gasteiger partial charge < -0.3 is 29.4 Å². The van der Waals surface area contributed by atoms with Gasteiger partial charge in [0, 0.05) is 13.1 Å². The Morgan fingerprint density at radius 2 is 1.71 bits per heavy atom. The van der Waals surface area contributed by atoms with Crippen molar-refractivity contribution >= 4 is 28.3 Å². The number of aliphatic hydroxyl groups excluding tert-OH is 1. The average molecular weight is 555 g/mol. The van der Waals surface area contributed by atoms with E-state index in [-0.39, 0.29) is 24.8 Å². The summed E-state index contributed by atoms with van der Waals surface area (Å²) in [5.41, 5.74) is 2.66. The number of benzene rings is 3. The fraction of sp³-hybridized carbons (Fsp3) is 0.280. The maximum atomic E-state index is 13.0. The van der Waals surface area contributed by atoms with Gasteiger partial charge in [-0.1, -0.05) is 18.2 Å². The predicted molar refractivity (Wildman–Crippen MR) is 133 cm³/mol. The predicted octanol–water partition coefficient (Wildman–Crippen LogP) is 5.19. The van der Waals surface area contributed by atoms with E-state index in [9.17, 15) is 9.50 Å². The molecule has 0 saturated carbocycles. The number of aliphatic hydroxyl groups is 1. The van der Waals surface area contributed by atoms with Crippen molar-refractivity contribution in [2.75, 3.05) is 26.9 Å². The van der Waals surface area contributed by atoms with Crippen LogP contribution < -0.4 is 24.3 Å². The van der Waals surface area contributed by atoms with E-state index in [4.69, 9.17) is 18.9 Å². The molecule has 1 aliphatic rings. The van der Waals surface area contributed by atoms with Crippen LogP contribution in [0.3, 0.4) is 0 Å². The van der Waals surface area contributed by atoms with Gasteiger partial charge in [-0.2, -0.15) is 0 Å². The van der Waals surface area contributed by atoms with E-state index in [1.165, 1.54) is 12.1 Å². The maximum absolute atomic E-state index is 13.0. The Hall–Kier alpha value is -2.52. The van der Waals surface area contributed by atoms with Crippen molar-refractivity contribution < 1.29 is 28.4 Å². The van der Waals surface area contributed by atoms with Gasteiger partial charge >= 0.3 is 0 Å². The van der Waals surface area contributed by atoms with Crippen molar-refractivity contribution in [2.24, 2.45) is 0 Å². The Kier molecular flexibility index (Phi) is 9.41. The highest BCUT2D eigenvalue weighted by molar-refractivity contribution is 9.10. The number of ether oxygens (including phenoxy) is 4. The highest BCUT2D eigenvalue weighted by Gasteiger charge is 2.18. The summed E-state index contributed by atoms with van der Waals surface area (Å²) in [6.45, 7) is 2.24. The van der Waals surface area contributed by atoms with Crippen LogP contribution >= 0.6 is 28.3 Å². The molecule has 0 bridgehead atoms. The summed E-state index contributed by atoms with van der Waals surface area (Å²) in [7, 11) is 1.57. The molecular formula is C25H26BrClFNO5. The van der Waals surface area contributed by atoms with Crippen LogP contribution in [-0.4, -0.2) is 32.0 Å². The molecule has 3 aromatic carbocycles. The Balaban J connectivity index is 0.00000324. The standard InChI is InChI=1S/C25H25BrFNO5.ClH/c1-30-24-11-17(14-28-13-16-2-5-19(27)6-3-16)10-20(26)25(24)33-15-21(29)18-4-7-22-23(12-18)32-9-8-31-22;/h2-7,10-12,21,28-29H,8-9,13-15H2,1H3;1H. The monoisotopic (exact) mass is 553 g/mol. The minimum absolute atomic E-state index is 0. The van der Waals surface area contributed by atoms with Crippen LogP contribution in [0, 0.1) is 5.82 Å². The molecule has 34 heavy (non-hydrogen) atoms. The van der Waals surface area contributed by atoms with Gasteiger partial charge in [-0.25, -0.2) is 4.39 Å². The Bertz CT molecular complexity index is 1100. The van der Waals surface area contributed by atoms with Crippen LogP contribution in [0.1, 0.15) is 22.8 Å². The van der Waals surface area contributed by atoms with E-state index in [1.807, 2.05) is 12.1 Å². The van der Waals surface area contributed by atoms with Crippen LogP contribution in [0.5, 0.6) is 23.0 Å². The van der Waals surface area contributed by atoms with Crippen molar-refractivity contribution in [3.8, 4) is 23.0 Å². The van der Waals surface area contributed by atoms with E-state index in [0.29, 0.717) is 54.9 Å². The van der Waals surface area contributed by atoms with Gasteiger partial charge in [-0.3, -0.25) is 0 Å². The Morgan fingerprint density at radius 3 is 2.44 bits per heavy atom. The van der Waals surface area contributed by atoms with E-state index in [1.54, 1.807) is 37.4 Å². The molecule has 1 aliphatic heterocycles. The third-order valence-corrected chi connectivity index (χ3v) is 5.79. The zero-order chi connectivity index (χ0) is 23.2. The van der Waals surface area contributed by atoms with Gasteiger partial charge in [0.1, 0.15) is 31.7 Å². The first kappa shape index (κ1) is 26.1. The molecule has 0 spiro atoms. The van der Waals surface area contributed by atoms with E-state index < -0.39 is 6.10 Å². The molecule has 1 unspecified atom stereocenters. The molecule has 0 saturated heterocycles. The van der Waals surface area contributed by atoms with E-state index in [0.717, 1.165) is 15.6 Å². The lowest BCUT2D eigenvalue weighted by atomic mass is 10.1. The van der Waals surface area contributed by atoms with E-state index in [2.05, 4.69) is 21.2 Å². The number of halogens is 3. The van der Waals surface area contributed by atoms with Crippen molar-refractivity contribution in [1.82, 2.24) is 5.32 Å². The summed E-state index contributed by atoms with van der Waals surface area (Å²) in [5, 5.41) is 14.0. The quantitative estimate of drug-likeness (QED) is 0.379. The van der Waals surface area contributed by atoms with Gasteiger partial charge in [0.15, 0.2) is 23.0 Å². The molecule has 0 amide bonds. The number of hydrogen-bond donors (Lipinski definition) is 2. The summed E-state index contributed by atoms with van der Waals surface area (Å²) in [6.07, 6.45) is -0.852. The summed E-state index contributed by atoms with van der Waals surface area (Å²) < 4.78 is 36.3. The molecule has 0 radical (unpaired) electrons. The normalized spacial score (nSPS) is 13.1. The lowest BCUT2D eigenvalue weighted by Gasteiger charge is -2.21. The van der Waals surface area contributed by atoms with Gasteiger partial charge in [-0.05, 0) is 69.0 Å². The topological polar surface area (TPSA) is 69.2 Å². The Labute approximate surface area is 212 Å². The SMILES string of the molecule is COc1cc(CNCc2ccc(F)cc2)cc(Br)c1OCC(O)c1ccc2c(c1)OCCO2.Cl. The first-order valence-electron chi connectivity index (χ1n) is 10.6. The third kappa shape index (κ3) is 6.54. The second-order valence-corrected chi connectivity index (χ2v) is 8.42. The summed E-state index contributed by atoms with van der Waals surface area (Å²) >= 11 is 3.55. The molecule has 9 heteroatoms. The van der Waals surface area contributed by atoms with Crippen LogP contribution in [0.25, 0.3) is 0 Å². The smallest absolute Gasteiger partial charge is 0.175 e. The molecule has 2 N–H and O–H groups in total. The molecule has 1 atom stereocenters. The largest absolute Gasteiger partial charge is 0.493 e.